The summed E-state index contributed by atoms with van der Waals surface area (Å²) in [5, 5.41) is 6.33. The summed E-state index contributed by atoms with van der Waals surface area (Å²) in [6, 6.07) is 6.96. The van der Waals surface area contributed by atoms with Gasteiger partial charge in [0.2, 0.25) is 17.7 Å². The number of benzene rings is 1. The first-order valence-electron chi connectivity index (χ1n) is 14.5. The van der Waals surface area contributed by atoms with Gasteiger partial charge in [-0.1, -0.05) is 71.7 Å². The van der Waals surface area contributed by atoms with E-state index in [0.29, 0.717) is 29.9 Å². The minimum Gasteiger partial charge on any atom is -0.359 e. The molecule has 3 fully saturated rings. The van der Waals surface area contributed by atoms with E-state index in [9.17, 15) is 14.4 Å². The van der Waals surface area contributed by atoms with E-state index in [1.807, 2.05) is 50.3 Å². The van der Waals surface area contributed by atoms with Crippen molar-refractivity contribution in [3.63, 3.8) is 0 Å². The van der Waals surface area contributed by atoms with Crippen LogP contribution in [0.3, 0.4) is 0 Å². The van der Waals surface area contributed by atoms with Gasteiger partial charge in [0.05, 0.1) is 17.9 Å². The lowest BCUT2D eigenvalue weighted by atomic mass is 9.73. The number of amides is 3. The van der Waals surface area contributed by atoms with Gasteiger partial charge in [0.15, 0.2) is 0 Å². The molecular weight excluding hydrogens is 478 g/mol. The molecule has 5 rings (SSSR count). The van der Waals surface area contributed by atoms with Crippen LogP contribution >= 0.6 is 0 Å². The van der Waals surface area contributed by atoms with Crippen LogP contribution in [0.15, 0.2) is 36.4 Å². The van der Waals surface area contributed by atoms with Crippen molar-refractivity contribution in [1.82, 2.24) is 10.2 Å². The molecule has 1 aromatic carbocycles. The van der Waals surface area contributed by atoms with Gasteiger partial charge in [-0.25, -0.2) is 0 Å². The first-order valence-corrected chi connectivity index (χ1v) is 14.5. The van der Waals surface area contributed by atoms with Crippen LogP contribution < -0.4 is 10.6 Å². The second kappa shape index (κ2) is 10.1. The molecule has 206 valence electrons. The van der Waals surface area contributed by atoms with E-state index in [-0.39, 0.29) is 29.8 Å². The predicted octanol–water partition coefficient (Wildman–Crippen LogP) is 4.64. The average Bonchev–Trinajstić information content (AvgIpc) is 3.54. The molecule has 1 aliphatic carbocycles. The number of carbonyl (C=O) groups excluding carboxylic acids is 3. The summed E-state index contributed by atoms with van der Waals surface area (Å²) in [7, 11) is 0. The lowest BCUT2D eigenvalue weighted by Crippen LogP contribution is -2.59. The zero-order chi connectivity index (χ0) is 27.4. The number of hydrogen-bond donors (Lipinski definition) is 2. The Morgan fingerprint density at radius 2 is 1.82 bits per heavy atom. The summed E-state index contributed by atoms with van der Waals surface area (Å²) in [5.41, 5.74) is 0.764. The first kappa shape index (κ1) is 26.9. The van der Waals surface area contributed by atoms with Crippen LogP contribution in [0.1, 0.15) is 78.7 Å². The molecule has 2 bridgehead atoms. The highest BCUT2D eigenvalue weighted by Crippen LogP contribution is 2.56. The fraction of sp³-hybridized carbons (Fsp3) is 0.645. The summed E-state index contributed by atoms with van der Waals surface area (Å²) < 4.78 is 6.48. The highest BCUT2D eigenvalue weighted by Gasteiger charge is 2.73. The monoisotopic (exact) mass is 521 g/mol. The summed E-state index contributed by atoms with van der Waals surface area (Å²) in [6.07, 6.45) is 7.15. The van der Waals surface area contributed by atoms with Gasteiger partial charge in [-0.3, -0.25) is 14.4 Å². The molecule has 2 saturated heterocycles. The lowest BCUT2D eigenvalue weighted by Gasteiger charge is -2.39. The van der Waals surface area contributed by atoms with Crippen molar-refractivity contribution < 1.29 is 19.1 Å². The average molecular weight is 522 g/mol. The minimum atomic E-state index is -1.12. The number of anilines is 1. The van der Waals surface area contributed by atoms with Crippen LogP contribution in [0.5, 0.6) is 0 Å². The highest BCUT2D eigenvalue weighted by atomic mass is 16.5. The van der Waals surface area contributed by atoms with Crippen molar-refractivity contribution >= 4 is 23.4 Å². The summed E-state index contributed by atoms with van der Waals surface area (Å²) in [6.45, 7) is 12.7. The molecule has 9 atom stereocenters. The van der Waals surface area contributed by atoms with Gasteiger partial charge in [0.1, 0.15) is 11.6 Å². The standard InChI is InChI=1S/C31H43N3O4/c1-7-19(5)34-27(29(36)33-23-10-8-9-18(4)20(23)6)31-16-15-24(38-31)25(26(31)30(34)37)28(35)32-22-13-11-21(12-14-22)17(2)3/h11-20,23-27H,7-10H2,1-6H3,(H,32,35)(H,33,36)/t18-,19+,20-,23-,24-,25-,26-,27+,31+/m1/s1. The molecule has 1 aromatic rings. The maximum absolute atomic E-state index is 14.0. The van der Waals surface area contributed by atoms with Gasteiger partial charge >= 0.3 is 0 Å². The molecule has 7 heteroatoms. The smallest absolute Gasteiger partial charge is 0.246 e. The van der Waals surface area contributed by atoms with Crippen molar-refractivity contribution in [2.45, 2.75) is 103 Å². The summed E-state index contributed by atoms with van der Waals surface area (Å²) in [4.78, 5) is 43.4. The number of likely N-dealkylation sites (tertiary alicyclic amines) is 1. The number of ether oxygens (including phenoxy) is 1. The molecular formula is C31H43N3O4. The molecule has 38 heavy (non-hydrogen) atoms. The number of carbonyl (C=O) groups is 3. The second-order valence-corrected chi connectivity index (χ2v) is 12.4. The van der Waals surface area contributed by atoms with Crippen molar-refractivity contribution in [3.05, 3.63) is 42.0 Å². The number of nitrogens with one attached hydrogen (secondary N) is 2. The van der Waals surface area contributed by atoms with E-state index >= 15 is 0 Å². The Bertz CT molecular complexity index is 1110. The van der Waals surface area contributed by atoms with E-state index in [4.69, 9.17) is 4.74 Å². The third kappa shape index (κ3) is 4.27. The van der Waals surface area contributed by atoms with Gasteiger partial charge in [-0.2, -0.15) is 0 Å². The van der Waals surface area contributed by atoms with Gasteiger partial charge in [-0.05, 0) is 55.2 Å². The Kier molecular flexibility index (Phi) is 7.18. The minimum absolute atomic E-state index is 0.0751. The Hall–Kier alpha value is -2.67. The molecule has 0 aromatic heterocycles. The van der Waals surface area contributed by atoms with E-state index in [0.717, 1.165) is 12.8 Å². The van der Waals surface area contributed by atoms with Gasteiger partial charge < -0.3 is 20.3 Å². The number of fused-ring (bicyclic) bond motifs is 1. The predicted molar refractivity (Wildman–Crippen MR) is 147 cm³/mol. The molecule has 0 unspecified atom stereocenters. The summed E-state index contributed by atoms with van der Waals surface area (Å²) >= 11 is 0. The lowest BCUT2D eigenvalue weighted by molar-refractivity contribution is -0.144. The number of rotatable bonds is 7. The van der Waals surface area contributed by atoms with Crippen LogP contribution in [-0.4, -0.2) is 52.5 Å². The SMILES string of the molecule is CC[C@H](C)N1C(=O)[C@H]2[C@H](C(=O)Nc3ccc(C(C)C)cc3)[C@H]3C=C[C@@]2(O3)[C@@H]1C(=O)N[C@@H]1CCC[C@@H](C)[C@H]1C. The molecule has 0 radical (unpaired) electrons. The Morgan fingerprint density at radius 1 is 1.11 bits per heavy atom. The fourth-order valence-corrected chi connectivity index (χ4v) is 7.10. The molecule has 7 nitrogen and oxygen atoms in total. The number of hydrogen-bond acceptors (Lipinski definition) is 4. The van der Waals surface area contributed by atoms with E-state index in [1.165, 1.54) is 12.0 Å². The van der Waals surface area contributed by atoms with Crippen LogP contribution in [0.2, 0.25) is 0 Å². The molecule has 3 heterocycles. The third-order valence-corrected chi connectivity index (χ3v) is 9.81. The van der Waals surface area contributed by atoms with Crippen LogP contribution in [0, 0.1) is 23.7 Å². The fourth-order valence-electron chi connectivity index (χ4n) is 7.10. The Balaban J connectivity index is 1.42. The van der Waals surface area contributed by atoms with E-state index in [2.05, 4.69) is 38.3 Å². The Labute approximate surface area is 226 Å². The maximum Gasteiger partial charge on any atom is 0.246 e. The quantitative estimate of drug-likeness (QED) is 0.512. The highest BCUT2D eigenvalue weighted by molar-refractivity contribution is 6.03. The maximum atomic E-state index is 14.0. The zero-order valence-corrected chi connectivity index (χ0v) is 23.6. The van der Waals surface area contributed by atoms with Crippen LogP contribution in [-0.2, 0) is 19.1 Å². The summed E-state index contributed by atoms with van der Waals surface area (Å²) in [5.74, 6) is -0.667. The van der Waals surface area contributed by atoms with E-state index in [1.54, 1.807) is 4.90 Å². The zero-order valence-electron chi connectivity index (χ0n) is 23.6. The first-order chi connectivity index (χ1) is 18.1. The molecule has 4 aliphatic rings. The topological polar surface area (TPSA) is 87.7 Å². The van der Waals surface area contributed by atoms with Crippen molar-refractivity contribution in [2.24, 2.45) is 23.7 Å². The van der Waals surface area contributed by atoms with E-state index < -0.39 is 29.6 Å². The van der Waals surface area contributed by atoms with Crippen LogP contribution in [0.25, 0.3) is 0 Å². The van der Waals surface area contributed by atoms with Crippen molar-refractivity contribution in [2.75, 3.05) is 5.32 Å². The Morgan fingerprint density at radius 3 is 2.47 bits per heavy atom. The molecule has 2 N–H and O–H groups in total. The molecule has 1 spiro atoms. The second-order valence-electron chi connectivity index (χ2n) is 12.4. The van der Waals surface area contributed by atoms with Crippen molar-refractivity contribution in [1.29, 1.82) is 0 Å². The van der Waals surface area contributed by atoms with Gasteiger partial charge in [-0.15, -0.1) is 0 Å². The molecule has 1 saturated carbocycles. The van der Waals surface area contributed by atoms with Gasteiger partial charge in [0.25, 0.3) is 0 Å². The van der Waals surface area contributed by atoms with Crippen LogP contribution in [0.4, 0.5) is 5.69 Å². The third-order valence-electron chi connectivity index (χ3n) is 9.81. The largest absolute Gasteiger partial charge is 0.359 e. The molecule has 3 amide bonds. The van der Waals surface area contributed by atoms with Crippen molar-refractivity contribution in [3.8, 4) is 0 Å². The van der Waals surface area contributed by atoms with Gasteiger partial charge in [0, 0.05) is 17.8 Å². The number of nitrogens with zero attached hydrogens (tertiary/aromatic N) is 1. The normalized spacial score (nSPS) is 36.4. The molecule has 3 aliphatic heterocycles.